The summed E-state index contributed by atoms with van der Waals surface area (Å²) in [6.07, 6.45) is 1.29. The summed E-state index contributed by atoms with van der Waals surface area (Å²) in [6, 6.07) is 0.252. The van der Waals surface area contributed by atoms with Crippen molar-refractivity contribution in [2.75, 3.05) is 6.54 Å². The Kier molecular flexibility index (Phi) is 4.59. The molecular weight excluding hydrogens is 232 g/mol. The van der Waals surface area contributed by atoms with Gasteiger partial charge in [0.25, 0.3) is 0 Å². The van der Waals surface area contributed by atoms with Gasteiger partial charge in [-0.15, -0.1) is 0 Å². The summed E-state index contributed by atoms with van der Waals surface area (Å²) < 4.78 is 5.36. The molecular formula is C13H24N2O3. The molecule has 0 saturated carbocycles. The van der Waals surface area contributed by atoms with E-state index in [4.69, 9.17) is 4.74 Å². The first kappa shape index (κ1) is 14.8. The largest absolute Gasteiger partial charge is 0.444 e. The van der Waals surface area contributed by atoms with E-state index in [0.29, 0.717) is 6.54 Å². The molecule has 0 spiro atoms. The van der Waals surface area contributed by atoms with Crippen LogP contribution in [0.3, 0.4) is 0 Å². The maximum atomic E-state index is 12.0. The molecule has 2 unspecified atom stereocenters. The van der Waals surface area contributed by atoms with E-state index < -0.39 is 5.60 Å². The molecule has 1 heterocycles. The van der Waals surface area contributed by atoms with Crippen LogP contribution in [0.4, 0.5) is 4.79 Å². The molecule has 0 aromatic heterocycles. The Morgan fingerprint density at radius 1 is 1.33 bits per heavy atom. The van der Waals surface area contributed by atoms with E-state index in [0.717, 1.165) is 12.8 Å². The summed E-state index contributed by atoms with van der Waals surface area (Å²) >= 11 is 0. The molecule has 5 nitrogen and oxygen atoms in total. The lowest BCUT2D eigenvalue weighted by molar-refractivity contribution is -0.120. The van der Waals surface area contributed by atoms with Crippen molar-refractivity contribution in [2.24, 2.45) is 0 Å². The predicted molar refractivity (Wildman–Crippen MR) is 69.2 cm³/mol. The van der Waals surface area contributed by atoms with Crippen molar-refractivity contribution in [2.45, 2.75) is 65.1 Å². The molecule has 2 amide bonds. The molecule has 1 aliphatic rings. The fourth-order valence-corrected chi connectivity index (χ4v) is 2.18. The first-order valence-electron chi connectivity index (χ1n) is 6.46. The molecule has 18 heavy (non-hydrogen) atoms. The zero-order chi connectivity index (χ0) is 13.9. The Morgan fingerprint density at radius 3 is 2.39 bits per heavy atom. The maximum Gasteiger partial charge on any atom is 0.410 e. The number of ether oxygens (including phenoxy) is 1. The average molecular weight is 256 g/mol. The molecule has 0 bridgehead atoms. The highest BCUT2D eigenvalue weighted by atomic mass is 16.6. The van der Waals surface area contributed by atoms with Crippen LogP contribution in [0, 0.1) is 0 Å². The monoisotopic (exact) mass is 256 g/mol. The van der Waals surface area contributed by atoms with Crippen molar-refractivity contribution in [3.63, 3.8) is 0 Å². The molecule has 5 heteroatoms. The van der Waals surface area contributed by atoms with E-state index in [2.05, 4.69) is 5.32 Å². The van der Waals surface area contributed by atoms with Crippen molar-refractivity contribution in [3.05, 3.63) is 0 Å². The van der Waals surface area contributed by atoms with Crippen molar-refractivity contribution >= 4 is 12.0 Å². The molecule has 0 radical (unpaired) electrons. The lowest BCUT2D eigenvalue weighted by Gasteiger charge is -2.38. The molecule has 104 valence electrons. The van der Waals surface area contributed by atoms with Crippen molar-refractivity contribution in [3.8, 4) is 0 Å². The second kappa shape index (κ2) is 5.59. The summed E-state index contributed by atoms with van der Waals surface area (Å²) in [5.41, 5.74) is -0.467. The fraction of sp³-hybridized carbons (Fsp3) is 0.846. The lowest BCUT2D eigenvalue weighted by atomic mass is 9.99. The smallest absolute Gasteiger partial charge is 0.410 e. The number of carbonyl (C=O) groups is 2. The highest BCUT2D eigenvalue weighted by molar-refractivity contribution is 5.73. The molecule has 0 aromatic carbocycles. The maximum absolute atomic E-state index is 12.0. The zero-order valence-corrected chi connectivity index (χ0v) is 11.9. The first-order valence-corrected chi connectivity index (χ1v) is 6.46. The third-order valence-corrected chi connectivity index (χ3v) is 2.91. The second-order valence-electron chi connectivity index (χ2n) is 5.94. The fourth-order valence-electron chi connectivity index (χ4n) is 2.18. The highest BCUT2D eigenvalue weighted by Gasteiger charge is 2.31. The molecule has 1 saturated heterocycles. The Hall–Kier alpha value is -1.26. The number of carbonyl (C=O) groups excluding carboxylic acids is 2. The van der Waals surface area contributed by atoms with Gasteiger partial charge in [0.1, 0.15) is 5.60 Å². The van der Waals surface area contributed by atoms with Gasteiger partial charge in [-0.05, 0) is 40.5 Å². The van der Waals surface area contributed by atoms with Crippen LogP contribution in [0.25, 0.3) is 0 Å². The van der Waals surface area contributed by atoms with Crippen molar-refractivity contribution in [1.29, 1.82) is 0 Å². The van der Waals surface area contributed by atoms with E-state index in [1.54, 1.807) is 4.90 Å². The van der Waals surface area contributed by atoms with Crippen LogP contribution in [0.15, 0.2) is 0 Å². The number of nitrogens with one attached hydrogen (secondary N) is 1. The number of hydrogen-bond acceptors (Lipinski definition) is 3. The topological polar surface area (TPSA) is 58.6 Å². The van der Waals surface area contributed by atoms with Crippen molar-refractivity contribution < 1.29 is 14.3 Å². The van der Waals surface area contributed by atoms with Gasteiger partial charge in [0, 0.05) is 25.6 Å². The number of piperidine rings is 1. The second-order valence-corrected chi connectivity index (χ2v) is 5.94. The first-order chi connectivity index (χ1) is 8.19. The number of rotatable bonds is 1. The van der Waals surface area contributed by atoms with Gasteiger partial charge in [0.15, 0.2) is 0 Å². The van der Waals surface area contributed by atoms with Crippen LogP contribution in [0.1, 0.15) is 47.5 Å². The van der Waals surface area contributed by atoms with Gasteiger partial charge in [-0.3, -0.25) is 4.79 Å². The Labute approximate surface area is 109 Å². The Morgan fingerprint density at radius 2 is 1.94 bits per heavy atom. The quantitative estimate of drug-likeness (QED) is 0.779. The van der Waals surface area contributed by atoms with Gasteiger partial charge in [-0.25, -0.2) is 4.79 Å². The third kappa shape index (κ3) is 4.55. The van der Waals surface area contributed by atoms with Crippen LogP contribution in [-0.2, 0) is 9.53 Å². The van der Waals surface area contributed by atoms with Gasteiger partial charge in [-0.1, -0.05) is 0 Å². The standard InChI is InChI=1S/C13H24N2O3/c1-9-8-11(14-10(2)16)6-7-15(9)12(17)18-13(3,4)5/h9,11H,6-8H2,1-5H3,(H,14,16). The summed E-state index contributed by atoms with van der Waals surface area (Å²) in [7, 11) is 0. The van der Waals surface area contributed by atoms with Gasteiger partial charge < -0.3 is 15.0 Å². The zero-order valence-electron chi connectivity index (χ0n) is 11.9. The molecule has 1 rings (SSSR count). The van der Waals surface area contributed by atoms with Gasteiger partial charge >= 0.3 is 6.09 Å². The van der Waals surface area contributed by atoms with Crippen LogP contribution in [0.2, 0.25) is 0 Å². The Balaban J connectivity index is 2.52. The Bertz CT molecular complexity index is 323. The summed E-state index contributed by atoms with van der Waals surface area (Å²) in [4.78, 5) is 24.7. The average Bonchev–Trinajstić information content (AvgIpc) is 2.13. The van der Waals surface area contributed by atoms with Crippen LogP contribution in [-0.4, -0.2) is 41.1 Å². The van der Waals surface area contributed by atoms with Crippen molar-refractivity contribution in [1.82, 2.24) is 10.2 Å². The SMILES string of the molecule is CC(=O)NC1CCN(C(=O)OC(C)(C)C)C(C)C1. The third-order valence-electron chi connectivity index (χ3n) is 2.91. The number of likely N-dealkylation sites (tertiary alicyclic amines) is 1. The van der Waals surface area contributed by atoms with E-state index in [1.165, 1.54) is 6.92 Å². The summed E-state index contributed by atoms with van der Waals surface area (Å²) in [5.74, 6) is -0.0158. The van der Waals surface area contributed by atoms with Gasteiger partial charge in [0.2, 0.25) is 5.91 Å². The molecule has 0 aromatic rings. The molecule has 1 aliphatic heterocycles. The molecule has 0 aliphatic carbocycles. The molecule has 1 N–H and O–H groups in total. The minimum absolute atomic E-state index is 0.0158. The van der Waals surface area contributed by atoms with E-state index >= 15 is 0 Å². The summed E-state index contributed by atoms with van der Waals surface area (Å²) in [5, 5.41) is 2.90. The van der Waals surface area contributed by atoms with Crippen LogP contribution >= 0.6 is 0 Å². The molecule has 2 atom stereocenters. The van der Waals surface area contributed by atoms with E-state index in [-0.39, 0.29) is 24.1 Å². The minimum atomic E-state index is -0.467. The van der Waals surface area contributed by atoms with E-state index in [9.17, 15) is 9.59 Å². The number of hydrogen-bond donors (Lipinski definition) is 1. The number of nitrogens with zero attached hydrogens (tertiary/aromatic N) is 1. The van der Waals surface area contributed by atoms with Crippen LogP contribution < -0.4 is 5.32 Å². The van der Waals surface area contributed by atoms with Crippen LogP contribution in [0.5, 0.6) is 0 Å². The molecule has 1 fully saturated rings. The predicted octanol–water partition coefficient (Wildman–Crippen LogP) is 1.91. The number of amides is 2. The normalized spacial score (nSPS) is 24.6. The summed E-state index contributed by atoms with van der Waals surface area (Å²) in [6.45, 7) is 9.71. The van der Waals surface area contributed by atoms with Gasteiger partial charge in [0.05, 0.1) is 0 Å². The highest BCUT2D eigenvalue weighted by Crippen LogP contribution is 2.20. The minimum Gasteiger partial charge on any atom is -0.444 e. The van der Waals surface area contributed by atoms with Gasteiger partial charge in [-0.2, -0.15) is 0 Å². The van der Waals surface area contributed by atoms with E-state index in [1.807, 2.05) is 27.7 Å². The lowest BCUT2D eigenvalue weighted by Crippen LogP contribution is -2.51.